The lowest BCUT2D eigenvalue weighted by Crippen LogP contribution is -1.99. The van der Waals surface area contributed by atoms with Gasteiger partial charge >= 0.3 is 5.97 Å². The van der Waals surface area contributed by atoms with Crippen molar-refractivity contribution in [2.75, 3.05) is 7.11 Å². The highest BCUT2D eigenvalue weighted by atomic mass is 32.1. The molecule has 0 amide bonds. The van der Waals surface area contributed by atoms with Crippen molar-refractivity contribution in [2.45, 2.75) is 0 Å². The summed E-state index contributed by atoms with van der Waals surface area (Å²) in [6.07, 6.45) is 0. The third-order valence-electron chi connectivity index (χ3n) is 1.76. The van der Waals surface area contributed by atoms with E-state index in [0.717, 1.165) is 4.70 Å². The van der Waals surface area contributed by atoms with Gasteiger partial charge in [-0.25, -0.2) is 9.78 Å². The second-order valence-electron chi connectivity index (χ2n) is 2.63. The highest BCUT2D eigenvalue weighted by Gasteiger charge is 2.13. The maximum Gasteiger partial charge on any atom is 0.367 e. The average Bonchev–Trinajstić information content (AvgIpc) is 2.62. The van der Waals surface area contributed by atoms with E-state index in [9.17, 15) is 9.90 Å². The van der Waals surface area contributed by atoms with Gasteiger partial charge in [0.1, 0.15) is 11.3 Å². The van der Waals surface area contributed by atoms with Crippen LogP contribution in [0.1, 0.15) is 9.80 Å². The Hall–Kier alpha value is -1.62. The molecule has 1 N–H and O–H groups in total. The number of thiazole rings is 1. The van der Waals surface area contributed by atoms with Gasteiger partial charge in [0.15, 0.2) is 0 Å². The number of carbonyl (C=O) groups is 1. The average molecular weight is 209 g/mol. The van der Waals surface area contributed by atoms with Crippen LogP contribution in [0.2, 0.25) is 0 Å². The molecule has 5 heteroatoms. The Morgan fingerprint density at radius 3 is 3.00 bits per heavy atom. The maximum absolute atomic E-state index is 11.1. The van der Waals surface area contributed by atoms with Crippen LogP contribution in [0.5, 0.6) is 5.75 Å². The first-order chi connectivity index (χ1) is 6.72. The van der Waals surface area contributed by atoms with Gasteiger partial charge in [-0.3, -0.25) is 0 Å². The van der Waals surface area contributed by atoms with Crippen LogP contribution in [0.15, 0.2) is 18.2 Å². The lowest BCUT2D eigenvalue weighted by Gasteiger charge is -1.90. The molecule has 1 aromatic carbocycles. The molecule has 0 unspecified atom stereocenters. The molecule has 72 valence electrons. The number of phenolic OH excluding ortho intramolecular Hbond substituents is 1. The number of nitrogens with zero attached hydrogens (tertiary/aromatic N) is 1. The summed E-state index contributed by atoms with van der Waals surface area (Å²) in [5.74, 6) is -0.403. The van der Waals surface area contributed by atoms with Gasteiger partial charge < -0.3 is 9.84 Å². The number of ether oxygens (including phenoxy) is 1. The number of aromatic hydroxyl groups is 1. The van der Waals surface area contributed by atoms with Gasteiger partial charge in [0, 0.05) is 0 Å². The van der Waals surface area contributed by atoms with E-state index in [1.54, 1.807) is 12.1 Å². The van der Waals surface area contributed by atoms with Crippen molar-refractivity contribution >= 4 is 27.5 Å². The monoisotopic (exact) mass is 209 g/mol. The number of phenols is 1. The highest BCUT2D eigenvalue weighted by molar-refractivity contribution is 7.20. The Balaban J connectivity index is 2.62. The largest absolute Gasteiger partial charge is 0.506 e. The lowest BCUT2D eigenvalue weighted by molar-refractivity contribution is 0.0600. The maximum atomic E-state index is 11.1. The first-order valence-electron chi connectivity index (χ1n) is 3.89. The van der Waals surface area contributed by atoms with Crippen molar-refractivity contribution in [1.29, 1.82) is 0 Å². The Labute approximate surface area is 83.8 Å². The molecule has 0 aliphatic heterocycles. The van der Waals surface area contributed by atoms with Crippen LogP contribution in [0.25, 0.3) is 10.2 Å². The first kappa shape index (κ1) is 8.96. The van der Waals surface area contributed by atoms with Crippen molar-refractivity contribution in [2.24, 2.45) is 0 Å². The molecule has 0 aliphatic carbocycles. The Morgan fingerprint density at radius 1 is 1.57 bits per heavy atom. The highest BCUT2D eigenvalue weighted by Crippen LogP contribution is 2.28. The van der Waals surface area contributed by atoms with E-state index in [-0.39, 0.29) is 10.8 Å². The number of rotatable bonds is 1. The normalized spacial score (nSPS) is 10.4. The van der Waals surface area contributed by atoms with E-state index in [2.05, 4.69) is 9.72 Å². The molecule has 4 nitrogen and oxygen atoms in total. The molecule has 1 aromatic heterocycles. The molecule has 0 atom stereocenters. The van der Waals surface area contributed by atoms with Crippen LogP contribution >= 0.6 is 11.3 Å². The van der Waals surface area contributed by atoms with Gasteiger partial charge in [-0.2, -0.15) is 0 Å². The van der Waals surface area contributed by atoms with Crippen LogP contribution in [-0.2, 0) is 4.74 Å². The molecule has 0 saturated heterocycles. The molecule has 2 rings (SSSR count). The van der Waals surface area contributed by atoms with Crippen LogP contribution in [-0.4, -0.2) is 23.2 Å². The number of hydrogen-bond acceptors (Lipinski definition) is 5. The Bertz CT molecular complexity index is 492. The van der Waals surface area contributed by atoms with Gasteiger partial charge in [0.05, 0.1) is 11.8 Å². The van der Waals surface area contributed by atoms with Gasteiger partial charge in [-0.05, 0) is 12.1 Å². The predicted octanol–water partition coefficient (Wildman–Crippen LogP) is 1.79. The summed E-state index contributed by atoms with van der Waals surface area (Å²) in [5.41, 5.74) is 0.443. The second-order valence-corrected chi connectivity index (χ2v) is 3.67. The second kappa shape index (κ2) is 3.26. The zero-order valence-electron chi connectivity index (χ0n) is 7.35. The predicted molar refractivity (Wildman–Crippen MR) is 52.6 cm³/mol. The molecule has 0 radical (unpaired) electrons. The molecule has 0 fully saturated rings. The number of benzene rings is 1. The minimum atomic E-state index is -0.481. The van der Waals surface area contributed by atoms with E-state index in [0.29, 0.717) is 5.52 Å². The van der Waals surface area contributed by atoms with Crippen molar-refractivity contribution in [1.82, 2.24) is 4.98 Å². The topological polar surface area (TPSA) is 59.4 Å². The number of aromatic nitrogens is 1. The molecular formula is C9H7NO3S. The fourth-order valence-corrected chi connectivity index (χ4v) is 2.01. The minimum Gasteiger partial charge on any atom is -0.506 e. The van der Waals surface area contributed by atoms with E-state index >= 15 is 0 Å². The fourth-order valence-electron chi connectivity index (χ4n) is 1.11. The van der Waals surface area contributed by atoms with Crippen molar-refractivity contribution in [3.05, 3.63) is 23.2 Å². The zero-order chi connectivity index (χ0) is 10.1. The third kappa shape index (κ3) is 1.31. The molecule has 0 spiro atoms. The fraction of sp³-hybridized carbons (Fsp3) is 0.111. The van der Waals surface area contributed by atoms with E-state index < -0.39 is 5.97 Å². The van der Waals surface area contributed by atoms with Crippen molar-refractivity contribution in [3.8, 4) is 5.75 Å². The number of hydrogen-bond donors (Lipinski definition) is 1. The number of methoxy groups -OCH3 is 1. The van der Waals surface area contributed by atoms with Gasteiger partial charge in [-0.15, -0.1) is 11.3 Å². The summed E-state index contributed by atoms with van der Waals surface area (Å²) in [5, 5.41) is 9.68. The number of carbonyl (C=O) groups excluding carboxylic acids is 1. The van der Waals surface area contributed by atoms with Gasteiger partial charge in [-0.1, -0.05) is 6.07 Å². The van der Waals surface area contributed by atoms with Gasteiger partial charge in [0.2, 0.25) is 5.01 Å². The first-order valence-corrected chi connectivity index (χ1v) is 4.71. The number of fused-ring (bicyclic) bond motifs is 1. The molecule has 2 aromatic rings. The lowest BCUT2D eigenvalue weighted by atomic mass is 10.3. The van der Waals surface area contributed by atoms with Gasteiger partial charge in [0.25, 0.3) is 0 Å². The standard InChI is InChI=1S/C9H7NO3S/c1-13-9(12)8-10-7-5(11)3-2-4-6(7)14-8/h2-4,11H,1H3. The minimum absolute atomic E-state index is 0.0777. The molecule has 1 heterocycles. The Morgan fingerprint density at radius 2 is 2.36 bits per heavy atom. The summed E-state index contributed by atoms with van der Waals surface area (Å²) >= 11 is 1.20. The summed E-state index contributed by atoms with van der Waals surface area (Å²) < 4.78 is 5.30. The van der Waals surface area contributed by atoms with Crippen LogP contribution in [0.4, 0.5) is 0 Å². The summed E-state index contributed by atoms with van der Waals surface area (Å²) in [6, 6.07) is 5.03. The number of para-hydroxylation sites is 1. The van der Waals surface area contributed by atoms with E-state index in [4.69, 9.17) is 0 Å². The molecular weight excluding hydrogens is 202 g/mol. The van der Waals surface area contributed by atoms with E-state index in [1.165, 1.54) is 24.5 Å². The van der Waals surface area contributed by atoms with Crippen molar-refractivity contribution < 1.29 is 14.6 Å². The van der Waals surface area contributed by atoms with Crippen LogP contribution < -0.4 is 0 Å². The van der Waals surface area contributed by atoms with Crippen LogP contribution in [0, 0.1) is 0 Å². The van der Waals surface area contributed by atoms with E-state index in [1.807, 2.05) is 0 Å². The quantitative estimate of drug-likeness (QED) is 0.727. The summed E-state index contributed by atoms with van der Waals surface area (Å²) in [6.45, 7) is 0. The van der Waals surface area contributed by atoms with Crippen LogP contribution in [0.3, 0.4) is 0 Å². The molecule has 14 heavy (non-hydrogen) atoms. The SMILES string of the molecule is COC(=O)c1nc2c(O)cccc2s1. The smallest absolute Gasteiger partial charge is 0.367 e. The Kier molecular flexibility index (Phi) is 2.09. The third-order valence-corrected chi connectivity index (χ3v) is 2.76. The molecule has 0 saturated carbocycles. The van der Waals surface area contributed by atoms with Crippen molar-refractivity contribution in [3.63, 3.8) is 0 Å². The molecule has 0 aliphatic rings. The molecule has 0 bridgehead atoms. The number of esters is 1. The summed E-state index contributed by atoms with van der Waals surface area (Å²) in [7, 11) is 1.30. The zero-order valence-corrected chi connectivity index (χ0v) is 8.17. The summed E-state index contributed by atoms with van der Waals surface area (Å²) in [4.78, 5) is 15.1.